The van der Waals surface area contributed by atoms with Gasteiger partial charge < -0.3 is 14.8 Å². The highest BCUT2D eigenvalue weighted by Crippen LogP contribution is 2.21. The number of halogens is 1. The quantitative estimate of drug-likeness (QED) is 0.195. The van der Waals surface area contributed by atoms with Crippen LogP contribution in [0.3, 0.4) is 0 Å². The van der Waals surface area contributed by atoms with Gasteiger partial charge in [-0.1, -0.05) is 41.9 Å². The summed E-state index contributed by atoms with van der Waals surface area (Å²) in [6, 6.07) is 19.6. The summed E-state index contributed by atoms with van der Waals surface area (Å²) in [7, 11) is 1.50. The van der Waals surface area contributed by atoms with E-state index in [0.29, 0.717) is 27.6 Å². The topological polar surface area (TPSA) is 106 Å². The fourth-order valence-corrected chi connectivity index (χ4v) is 2.72. The number of para-hydroxylation sites is 2. The highest BCUT2D eigenvalue weighted by atomic mass is 35.5. The van der Waals surface area contributed by atoms with E-state index in [1.807, 2.05) is 0 Å². The second-order valence-electron chi connectivity index (χ2n) is 6.29. The molecular weight excluding hydrogens is 434 g/mol. The number of hydrogen-bond donors (Lipinski definition) is 2. The Hall–Kier alpha value is -4.17. The predicted molar refractivity (Wildman–Crippen MR) is 120 cm³/mol. The third-order valence-electron chi connectivity index (χ3n) is 4.13. The molecule has 2 amide bonds. The van der Waals surface area contributed by atoms with Crippen LogP contribution in [0, 0.1) is 0 Å². The number of hydrogen-bond acceptors (Lipinski definition) is 6. The largest absolute Gasteiger partial charge is 0.497 e. The molecule has 0 spiro atoms. The Morgan fingerprint density at radius 1 is 0.938 bits per heavy atom. The molecule has 0 bridgehead atoms. The Morgan fingerprint density at radius 2 is 1.69 bits per heavy atom. The summed E-state index contributed by atoms with van der Waals surface area (Å²) in [6.07, 6.45) is 1.26. The second-order valence-corrected chi connectivity index (χ2v) is 6.70. The van der Waals surface area contributed by atoms with E-state index in [4.69, 9.17) is 21.1 Å². The lowest BCUT2D eigenvalue weighted by molar-refractivity contribution is -0.136. The van der Waals surface area contributed by atoms with Crippen LogP contribution < -0.4 is 20.2 Å². The van der Waals surface area contributed by atoms with Crippen molar-refractivity contribution in [1.29, 1.82) is 0 Å². The molecule has 8 nitrogen and oxygen atoms in total. The van der Waals surface area contributed by atoms with Crippen molar-refractivity contribution in [2.24, 2.45) is 5.10 Å². The first kappa shape index (κ1) is 22.5. The molecule has 0 radical (unpaired) electrons. The van der Waals surface area contributed by atoms with E-state index < -0.39 is 17.8 Å². The molecule has 0 unspecified atom stereocenters. The molecule has 3 aromatic carbocycles. The van der Waals surface area contributed by atoms with Crippen molar-refractivity contribution in [2.75, 3.05) is 12.4 Å². The molecule has 9 heteroatoms. The number of benzene rings is 3. The second kappa shape index (κ2) is 10.7. The third-order valence-corrected chi connectivity index (χ3v) is 4.45. The van der Waals surface area contributed by atoms with Gasteiger partial charge in [0, 0.05) is 5.56 Å². The summed E-state index contributed by atoms with van der Waals surface area (Å²) in [6.45, 7) is 0. The van der Waals surface area contributed by atoms with Crippen LogP contribution in [0.2, 0.25) is 5.02 Å². The molecule has 0 aliphatic heterocycles. The van der Waals surface area contributed by atoms with Crippen LogP contribution in [0.1, 0.15) is 15.9 Å². The molecule has 0 aliphatic carbocycles. The Kier molecular flexibility index (Phi) is 7.55. The van der Waals surface area contributed by atoms with Gasteiger partial charge in [0.2, 0.25) is 0 Å². The molecule has 0 heterocycles. The molecule has 0 saturated heterocycles. The first-order chi connectivity index (χ1) is 15.5. The number of nitrogens with one attached hydrogen (secondary N) is 2. The van der Waals surface area contributed by atoms with Gasteiger partial charge in [-0.3, -0.25) is 9.59 Å². The highest BCUT2D eigenvalue weighted by molar-refractivity contribution is 6.41. The van der Waals surface area contributed by atoms with E-state index in [2.05, 4.69) is 15.8 Å². The number of carbonyl (C=O) groups excluding carboxylic acids is 3. The minimum atomic E-state index is -0.993. The zero-order valence-corrected chi connectivity index (χ0v) is 17.6. The monoisotopic (exact) mass is 451 g/mol. The van der Waals surface area contributed by atoms with Crippen molar-refractivity contribution < 1.29 is 23.9 Å². The third kappa shape index (κ3) is 5.93. The molecule has 2 N–H and O–H groups in total. The van der Waals surface area contributed by atoms with Gasteiger partial charge in [-0.05, 0) is 42.5 Å². The molecule has 0 atom stereocenters. The number of carbonyl (C=O) groups is 3. The van der Waals surface area contributed by atoms with Crippen LogP contribution >= 0.6 is 11.6 Å². The van der Waals surface area contributed by atoms with E-state index in [0.717, 1.165) is 0 Å². The van der Waals surface area contributed by atoms with Crippen molar-refractivity contribution >= 4 is 41.3 Å². The van der Waals surface area contributed by atoms with E-state index >= 15 is 0 Å². The molecule has 3 rings (SSSR count). The van der Waals surface area contributed by atoms with Crippen molar-refractivity contribution in [3.05, 3.63) is 88.9 Å². The molecule has 0 fully saturated rings. The smallest absolute Gasteiger partial charge is 0.343 e. The number of ether oxygens (including phenoxy) is 2. The summed E-state index contributed by atoms with van der Waals surface area (Å²) < 4.78 is 10.5. The van der Waals surface area contributed by atoms with Gasteiger partial charge in [0.25, 0.3) is 0 Å². The van der Waals surface area contributed by atoms with Gasteiger partial charge in [0.1, 0.15) is 11.5 Å². The van der Waals surface area contributed by atoms with Gasteiger partial charge in [0.15, 0.2) is 0 Å². The Balaban J connectivity index is 1.64. The molecule has 0 saturated carbocycles. The van der Waals surface area contributed by atoms with Crippen LogP contribution in [0.4, 0.5) is 5.69 Å². The molecular formula is C23H18ClN3O5. The zero-order valence-electron chi connectivity index (χ0n) is 16.9. The fraction of sp³-hybridized carbons (Fsp3) is 0.0435. The van der Waals surface area contributed by atoms with E-state index in [-0.39, 0.29) is 5.75 Å². The van der Waals surface area contributed by atoms with Gasteiger partial charge in [-0.25, -0.2) is 10.2 Å². The standard InChI is InChI=1S/C23H18ClN3O5/c1-31-17-9-6-8-15(13-17)23(30)32-20-12-5-2-7-16(20)14-25-27-22(29)21(28)26-19-11-4-3-10-18(19)24/h2-14H,1H3,(H,26,28)(H,27,29)/b25-14+. The summed E-state index contributed by atoms with van der Waals surface area (Å²) in [5.74, 6) is -1.78. The molecule has 32 heavy (non-hydrogen) atoms. The SMILES string of the molecule is COc1cccc(C(=O)Oc2ccccc2/C=N/NC(=O)C(=O)Nc2ccccc2Cl)c1. The van der Waals surface area contributed by atoms with Gasteiger partial charge in [0.05, 0.1) is 29.6 Å². The van der Waals surface area contributed by atoms with Gasteiger partial charge in [-0.15, -0.1) is 0 Å². The summed E-state index contributed by atoms with van der Waals surface area (Å²) in [4.78, 5) is 36.4. The van der Waals surface area contributed by atoms with E-state index in [9.17, 15) is 14.4 Å². The lowest BCUT2D eigenvalue weighted by Gasteiger charge is -2.08. The number of methoxy groups -OCH3 is 1. The van der Waals surface area contributed by atoms with Crippen molar-refractivity contribution in [3.8, 4) is 11.5 Å². The summed E-state index contributed by atoms with van der Waals surface area (Å²) in [5.41, 5.74) is 3.13. The first-order valence-corrected chi connectivity index (χ1v) is 9.70. The predicted octanol–water partition coefficient (Wildman–Crippen LogP) is 3.66. The Labute approximate surface area is 188 Å². The van der Waals surface area contributed by atoms with Crippen LogP contribution in [0.5, 0.6) is 11.5 Å². The van der Waals surface area contributed by atoms with Crippen LogP contribution in [-0.4, -0.2) is 31.1 Å². The number of hydrazone groups is 1. The van der Waals surface area contributed by atoms with Crippen molar-refractivity contribution in [2.45, 2.75) is 0 Å². The van der Waals surface area contributed by atoms with Gasteiger partial charge in [-0.2, -0.15) is 5.10 Å². The van der Waals surface area contributed by atoms with Gasteiger partial charge >= 0.3 is 17.8 Å². The highest BCUT2D eigenvalue weighted by Gasteiger charge is 2.15. The fourth-order valence-electron chi connectivity index (χ4n) is 2.54. The first-order valence-electron chi connectivity index (χ1n) is 9.32. The maximum atomic E-state index is 12.5. The zero-order chi connectivity index (χ0) is 22.9. The number of amides is 2. The normalized spacial score (nSPS) is 10.4. The molecule has 162 valence electrons. The minimum absolute atomic E-state index is 0.221. The van der Waals surface area contributed by atoms with Crippen molar-refractivity contribution in [3.63, 3.8) is 0 Å². The average molecular weight is 452 g/mol. The molecule has 0 aliphatic rings. The van der Waals surface area contributed by atoms with E-state index in [1.54, 1.807) is 72.8 Å². The maximum absolute atomic E-state index is 12.5. The number of esters is 1. The lowest BCUT2D eigenvalue weighted by Crippen LogP contribution is -2.32. The minimum Gasteiger partial charge on any atom is -0.497 e. The lowest BCUT2D eigenvalue weighted by atomic mass is 10.2. The van der Waals surface area contributed by atoms with E-state index in [1.165, 1.54) is 13.3 Å². The molecule has 3 aromatic rings. The summed E-state index contributed by atoms with van der Waals surface area (Å²) >= 11 is 5.95. The Morgan fingerprint density at radius 3 is 2.47 bits per heavy atom. The maximum Gasteiger partial charge on any atom is 0.343 e. The molecule has 0 aromatic heterocycles. The average Bonchev–Trinajstić information content (AvgIpc) is 2.81. The van der Waals surface area contributed by atoms with Crippen molar-refractivity contribution in [1.82, 2.24) is 5.43 Å². The summed E-state index contributed by atoms with van der Waals surface area (Å²) in [5, 5.41) is 6.45. The van der Waals surface area contributed by atoms with Crippen LogP contribution in [-0.2, 0) is 9.59 Å². The van der Waals surface area contributed by atoms with Crippen LogP contribution in [0.15, 0.2) is 77.9 Å². The number of rotatable bonds is 6. The van der Waals surface area contributed by atoms with Crippen LogP contribution in [0.25, 0.3) is 0 Å². The Bertz CT molecular complexity index is 1180. The number of nitrogens with zero attached hydrogens (tertiary/aromatic N) is 1. The number of anilines is 1.